The van der Waals surface area contributed by atoms with Crippen LogP contribution in [0, 0.1) is 0 Å². The van der Waals surface area contributed by atoms with Gasteiger partial charge >= 0.3 is 0 Å². The number of nitrogens with two attached hydrogens (primary N) is 1. The minimum atomic E-state index is -2.92. The molecule has 0 radical (unpaired) electrons. The van der Waals surface area contributed by atoms with E-state index >= 15 is 0 Å². The van der Waals surface area contributed by atoms with Gasteiger partial charge in [-0.2, -0.15) is 0 Å². The van der Waals surface area contributed by atoms with Gasteiger partial charge in [-0.05, 0) is 37.0 Å². The predicted octanol–water partition coefficient (Wildman–Crippen LogP) is 2.19. The molecule has 1 unspecified atom stereocenters. The molecule has 3 N–H and O–H groups in total. The summed E-state index contributed by atoms with van der Waals surface area (Å²) in [6.45, 7) is 4.41. The molecule has 0 saturated carbocycles. The summed E-state index contributed by atoms with van der Waals surface area (Å²) in [7, 11) is -2.92. The predicted molar refractivity (Wildman–Crippen MR) is 85.9 cm³/mol. The molecule has 5 nitrogen and oxygen atoms in total. The van der Waals surface area contributed by atoms with Crippen LogP contribution in [0.25, 0.3) is 0 Å². The van der Waals surface area contributed by atoms with Gasteiger partial charge in [0.25, 0.3) is 0 Å². The van der Waals surface area contributed by atoms with Crippen LogP contribution in [0.15, 0.2) is 24.3 Å². The lowest BCUT2D eigenvalue weighted by molar-refractivity contribution is 0.316. The number of nitrogens with one attached hydrogen (secondary N) is 1. The minimum Gasteiger partial charge on any atom is -0.494 e. The zero-order valence-electron chi connectivity index (χ0n) is 12.8. The Morgan fingerprint density at radius 3 is 2.71 bits per heavy atom. The normalized spacial score (nSPS) is 13.1. The van der Waals surface area contributed by atoms with Crippen LogP contribution >= 0.6 is 0 Å². The third kappa shape index (κ3) is 6.46. The summed E-state index contributed by atoms with van der Waals surface area (Å²) in [5.74, 6) is 6.80. The number of sulfone groups is 1. The van der Waals surface area contributed by atoms with E-state index < -0.39 is 9.84 Å². The van der Waals surface area contributed by atoms with E-state index in [9.17, 15) is 8.42 Å². The smallest absolute Gasteiger partial charge is 0.150 e. The van der Waals surface area contributed by atoms with Crippen molar-refractivity contribution >= 4 is 9.84 Å². The highest BCUT2D eigenvalue weighted by Gasteiger charge is 2.13. The van der Waals surface area contributed by atoms with Crippen molar-refractivity contribution in [3.05, 3.63) is 29.8 Å². The summed E-state index contributed by atoms with van der Waals surface area (Å²) in [4.78, 5) is 0. The van der Waals surface area contributed by atoms with Crippen molar-refractivity contribution in [3.63, 3.8) is 0 Å². The summed E-state index contributed by atoms with van der Waals surface area (Å²) in [6, 6.07) is 7.69. The Kier molecular flexibility index (Phi) is 7.71. The van der Waals surface area contributed by atoms with Gasteiger partial charge in [0.1, 0.15) is 15.6 Å². The van der Waals surface area contributed by atoms with Gasteiger partial charge in [0.15, 0.2) is 0 Å². The second kappa shape index (κ2) is 9.02. The maximum atomic E-state index is 11.5. The van der Waals surface area contributed by atoms with Crippen LogP contribution in [0.5, 0.6) is 5.75 Å². The van der Waals surface area contributed by atoms with Gasteiger partial charge in [0.05, 0.1) is 12.4 Å². The highest BCUT2D eigenvalue weighted by molar-refractivity contribution is 7.91. The van der Waals surface area contributed by atoms with Gasteiger partial charge in [-0.25, -0.2) is 8.42 Å². The highest BCUT2D eigenvalue weighted by atomic mass is 32.2. The van der Waals surface area contributed by atoms with Crippen LogP contribution in [-0.4, -0.2) is 26.5 Å². The molecule has 0 spiro atoms. The van der Waals surface area contributed by atoms with Gasteiger partial charge < -0.3 is 4.74 Å². The largest absolute Gasteiger partial charge is 0.494 e. The summed E-state index contributed by atoms with van der Waals surface area (Å²) in [6.07, 6.45) is 2.22. The SMILES string of the molecule is CCCOc1cccc(C(CCCS(=O)(=O)CC)NN)c1. The molecular weight excluding hydrogens is 288 g/mol. The molecule has 1 aromatic rings. The topological polar surface area (TPSA) is 81.4 Å². The molecule has 0 heterocycles. The van der Waals surface area contributed by atoms with Gasteiger partial charge in [0, 0.05) is 11.8 Å². The number of ether oxygens (including phenoxy) is 1. The van der Waals surface area contributed by atoms with E-state index in [1.54, 1.807) is 6.92 Å². The van der Waals surface area contributed by atoms with Crippen LogP contribution < -0.4 is 16.0 Å². The third-order valence-electron chi connectivity index (χ3n) is 3.32. The molecule has 21 heavy (non-hydrogen) atoms. The van der Waals surface area contributed by atoms with Crippen molar-refractivity contribution in [3.8, 4) is 5.75 Å². The first-order valence-electron chi connectivity index (χ1n) is 7.41. The number of hydrogen-bond acceptors (Lipinski definition) is 5. The first-order valence-corrected chi connectivity index (χ1v) is 9.23. The van der Waals surface area contributed by atoms with Gasteiger partial charge in [-0.1, -0.05) is 26.0 Å². The number of rotatable bonds is 10. The van der Waals surface area contributed by atoms with E-state index in [0.29, 0.717) is 19.4 Å². The standard InChI is InChI=1S/C15H26N2O3S/c1-3-10-20-14-8-5-7-13(12-14)15(17-16)9-6-11-21(18,19)4-2/h5,7-8,12,15,17H,3-4,6,9-11,16H2,1-2H3. The van der Waals surface area contributed by atoms with Gasteiger partial charge in [-0.15, -0.1) is 0 Å². The van der Waals surface area contributed by atoms with Gasteiger partial charge in [0.2, 0.25) is 0 Å². The molecule has 0 fully saturated rings. The summed E-state index contributed by atoms with van der Waals surface area (Å²) in [5, 5.41) is 0. The van der Waals surface area contributed by atoms with Crippen molar-refractivity contribution in [1.82, 2.24) is 5.43 Å². The zero-order chi connectivity index (χ0) is 15.7. The molecule has 6 heteroatoms. The fraction of sp³-hybridized carbons (Fsp3) is 0.600. The highest BCUT2D eigenvalue weighted by Crippen LogP contribution is 2.22. The summed E-state index contributed by atoms with van der Waals surface area (Å²) < 4.78 is 28.6. The van der Waals surface area contributed by atoms with E-state index in [2.05, 4.69) is 12.3 Å². The molecule has 0 bridgehead atoms. The summed E-state index contributed by atoms with van der Waals surface area (Å²) >= 11 is 0. The number of hydrogen-bond donors (Lipinski definition) is 2. The van der Waals surface area contributed by atoms with Crippen molar-refractivity contribution in [2.45, 2.75) is 39.2 Å². The minimum absolute atomic E-state index is 0.0674. The molecule has 0 aliphatic heterocycles. The van der Waals surface area contributed by atoms with E-state index in [4.69, 9.17) is 10.6 Å². The molecular formula is C15H26N2O3S. The van der Waals surface area contributed by atoms with Crippen molar-refractivity contribution in [2.75, 3.05) is 18.1 Å². The maximum absolute atomic E-state index is 11.5. The average Bonchev–Trinajstić information content (AvgIpc) is 2.50. The molecule has 0 aromatic heterocycles. The van der Waals surface area contributed by atoms with Crippen LogP contribution in [0.4, 0.5) is 0 Å². The Balaban J connectivity index is 2.63. The Morgan fingerprint density at radius 2 is 2.10 bits per heavy atom. The van der Waals surface area contributed by atoms with Crippen LogP contribution in [0.2, 0.25) is 0 Å². The molecule has 0 saturated heterocycles. The van der Waals surface area contributed by atoms with Crippen LogP contribution in [-0.2, 0) is 9.84 Å². The van der Waals surface area contributed by atoms with E-state index in [-0.39, 0.29) is 17.5 Å². The molecule has 1 aromatic carbocycles. The first-order chi connectivity index (χ1) is 10.0. The Hall–Kier alpha value is -1.11. The third-order valence-corrected chi connectivity index (χ3v) is 5.11. The Morgan fingerprint density at radius 1 is 1.33 bits per heavy atom. The second-order valence-electron chi connectivity index (χ2n) is 5.02. The first kappa shape index (κ1) is 17.9. The second-order valence-corrected chi connectivity index (χ2v) is 7.49. The van der Waals surface area contributed by atoms with Crippen LogP contribution in [0.1, 0.15) is 44.7 Å². The van der Waals surface area contributed by atoms with E-state index in [1.165, 1.54) is 0 Å². The van der Waals surface area contributed by atoms with Crippen molar-refractivity contribution in [1.29, 1.82) is 0 Å². The summed E-state index contributed by atoms with van der Waals surface area (Å²) in [5.41, 5.74) is 3.77. The lowest BCUT2D eigenvalue weighted by Gasteiger charge is -2.17. The number of benzene rings is 1. The van der Waals surface area contributed by atoms with E-state index in [0.717, 1.165) is 17.7 Å². The molecule has 1 atom stereocenters. The lowest BCUT2D eigenvalue weighted by Crippen LogP contribution is -2.28. The van der Waals surface area contributed by atoms with Gasteiger partial charge in [-0.3, -0.25) is 11.3 Å². The zero-order valence-corrected chi connectivity index (χ0v) is 13.7. The molecule has 120 valence electrons. The fourth-order valence-electron chi connectivity index (χ4n) is 2.04. The Bertz CT molecular complexity index is 517. The van der Waals surface area contributed by atoms with Crippen molar-refractivity contribution < 1.29 is 13.2 Å². The molecule has 0 aliphatic carbocycles. The number of hydrazine groups is 1. The quantitative estimate of drug-likeness (QED) is 0.511. The lowest BCUT2D eigenvalue weighted by atomic mass is 10.0. The monoisotopic (exact) mass is 314 g/mol. The van der Waals surface area contributed by atoms with Crippen molar-refractivity contribution in [2.24, 2.45) is 5.84 Å². The molecule has 0 aliphatic rings. The van der Waals surface area contributed by atoms with Crippen LogP contribution in [0.3, 0.4) is 0 Å². The molecule has 1 rings (SSSR count). The molecule has 0 amide bonds. The maximum Gasteiger partial charge on any atom is 0.150 e. The van der Waals surface area contributed by atoms with E-state index in [1.807, 2.05) is 24.3 Å². The fourth-order valence-corrected chi connectivity index (χ4v) is 2.93. The Labute approximate surface area is 127 Å². The average molecular weight is 314 g/mol.